The number of anilines is 2. The van der Waals surface area contributed by atoms with Crippen molar-refractivity contribution in [3.05, 3.63) is 155 Å². The SMILES string of the molecule is C1=CC2c3c(ccc4c3oc3c(C5=CCCC=C5)cccc34)N(c3nc(C4=CC(C5=CCCC=C5)=CCC4)c4ccccc4n3)C2C=C1. The number of furan rings is 1. The van der Waals surface area contributed by atoms with Gasteiger partial charge < -0.3 is 9.32 Å². The number of fused-ring (bicyclic) bond motifs is 8. The van der Waals surface area contributed by atoms with Crippen molar-refractivity contribution in [1.82, 2.24) is 9.97 Å². The van der Waals surface area contributed by atoms with Crippen molar-refractivity contribution in [1.29, 1.82) is 0 Å². The fourth-order valence-corrected chi connectivity index (χ4v) is 8.29. The van der Waals surface area contributed by atoms with Crippen LogP contribution in [0.3, 0.4) is 0 Å². The Labute approximate surface area is 280 Å². The molecule has 0 N–H and O–H groups in total. The van der Waals surface area contributed by atoms with Gasteiger partial charge in [-0.2, -0.15) is 0 Å². The van der Waals surface area contributed by atoms with E-state index in [2.05, 4.69) is 132 Å². The Bertz CT molecular complexity index is 2420. The van der Waals surface area contributed by atoms with Gasteiger partial charge in [-0.25, -0.2) is 9.97 Å². The third-order valence-electron chi connectivity index (χ3n) is 10.5. The van der Waals surface area contributed by atoms with Gasteiger partial charge in [-0.3, -0.25) is 0 Å². The molecule has 1 aliphatic heterocycles. The molecule has 48 heavy (non-hydrogen) atoms. The van der Waals surface area contributed by atoms with E-state index in [1.165, 1.54) is 27.9 Å². The molecule has 0 radical (unpaired) electrons. The average molecular weight is 622 g/mol. The molecule has 0 fully saturated rings. The van der Waals surface area contributed by atoms with Crippen LogP contribution >= 0.6 is 0 Å². The molecule has 0 amide bonds. The molecule has 232 valence electrons. The Morgan fingerprint density at radius 1 is 0.667 bits per heavy atom. The Kier molecular flexibility index (Phi) is 6.36. The fourth-order valence-electron chi connectivity index (χ4n) is 8.29. The maximum absolute atomic E-state index is 6.95. The van der Waals surface area contributed by atoms with Gasteiger partial charge in [-0.05, 0) is 85.1 Å². The van der Waals surface area contributed by atoms with Gasteiger partial charge in [-0.1, -0.05) is 103 Å². The molecular weight excluding hydrogens is 587 g/mol. The van der Waals surface area contributed by atoms with Crippen LogP contribution < -0.4 is 4.90 Å². The van der Waals surface area contributed by atoms with Gasteiger partial charge in [0.2, 0.25) is 5.95 Å². The maximum atomic E-state index is 6.95. The summed E-state index contributed by atoms with van der Waals surface area (Å²) in [6, 6.07) is 19.6. The number of benzene rings is 3. The van der Waals surface area contributed by atoms with Crippen LogP contribution in [-0.4, -0.2) is 16.0 Å². The monoisotopic (exact) mass is 621 g/mol. The second kappa shape index (κ2) is 11.1. The van der Waals surface area contributed by atoms with Crippen molar-refractivity contribution in [2.45, 2.75) is 50.5 Å². The smallest absolute Gasteiger partial charge is 0.231 e. The standard InChI is InChI=1S/C44H35N3O/c1-3-13-28(14-4-1)30-17-11-18-31(27-30)41-35-19-7-9-23-37(35)45-44(46-41)47-38-24-10-8-20-36(38)40-39(47)26-25-34-33-22-12-21-32(42(33)48-43(34)40)29-15-5-2-6-16-29/h3,5,7-10,12-17,19-27,36,38H,1-2,4,6,11,18H2. The average Bonchev–Trinajstić information content (AvgIpc) is 3.71. The number of hydrogen-bond acceptors (Lipinski definition) is 4. The fraction of sp³-hybridized carbons (Fsp3) is 0.182. The highest BCUT2D eigenvalue weighted by Crippen LogP contribution is 2.52. The molecular formula is C44H35N3O. The lowest BCUT2D eigenvalue weighted by molar-refractivity contribution is 0.654. The lowest BCUT2D eigenvalue weighted by atomic mass is 9.89. The van der Waals surface area contributed by atoms with Crippen molar-refractivity contribution in [3.63, 3.8) is 0 Å². The summed E-state index contributed by atoms with van der Waals surface area (Å²) < 4.78 is 6.95. The van der Waals surface area contributed by atoms with Gasteiger partial charge in [0, 0.05) is 33.2 Å². The molecule has 3 heterocycles. The van der Waals surface area contributed by atoms with Crippen molar-refractivity contribution in [2.75, 3.05) is 4.90 Å². The van der Waals surface area contributed by atoms with E-state index < -0.39 is 0 Å². The predicted octanol–water partition coefficient (Wildman–Crippen LogP) is 11.4. The van der Waals surface area contributed by atoms with Crippen LogP contribution in [0.5, 0.6) is 0 Å². The summed E-state index contributed by atoms with van der Waals surface area (Å²) in [5.41, 5.74) is 12.6. The first-order chi connectivity index (χ1) is 23.8. The Balaban J connectivity index is 1.16. The Hall–Kier alpha value is -5.48. The van der Waals surface area contributed by atoms with Crippen molar-refractivity contribution in [3.8, 4) is 0 Å². The minimum absolute atomic E-state index is 0.0506. The summed E-state index contributed by atoms with van der Waals surface area (Å²) in [6.07, 6.45) is 33.8. The van der Waals surface area contributed by atoms with Crippen LogP contribution in [0.2, 0.25) is 0 Å². The lowest BCUT2D eigenvalue weighted by Crippen LogP contribution is -2.30. The molecule has 0 spiro atoms. The van der Waals surface area contributed by atoms with Crippen molar-refractivity contribution in [2.24, 2.45) is 0 Å². The molecule has 2 unspecified atom stereocenters. The van der Waals surface area contributed by atoms with Crippen LogP contribution in [0.25, 0.3) is 44.0 Å². The molecule has 3 aromatic carbocycles. The maximum Gasteiger partial charge on any atom is 0.231 e. The van der Waals surface area contributed by atoms with Gasteiger partial charge >= 0.3 is 0 Å². The summed E-state index contributed by atoms with van der Waals surface area (Å²) in [5.74, 6) is 0.860. The highest BCUT2D eigenvalue weighted by atomic mass is 16.3. The molecule has 10 rings (SSSR count). The van der Waals surface area contributed by atoms with Gasteiger partial charge in [-0.15, -0.1) is 0 Å². The molecule has 0 saturated carbocycles. The van der Waals surface area contributed by atoms with Crippen LogP contribution in [0.15, 0.2) is 143 Å². The van der Waals surface area contributed by atoms with Crippen LogP contribution in [0.1, 0.15) is 61.3 Å². The minimum atomic E-state index is 0.0506. The second-order valence-corrected chi connectivity index (χ2v) is 13.4. The Morgan fingerprint density at radius 2 is 1.46 bits per heavy atom. The Morgan fingerprint density at radius 3 is 2.33 bits per heavy atom. The van der Waals surface area contributed by atoms with Gasteiger partial charge in [0.25, 0.3) is 0 Å². The summed E-state index contributed by atoms with van der Waals surface area (Å²) in [4.78, 5) is 13.1. The van der Waals surface area contributed by atoms with E-state index in [1.807, 2.05) is 0 Å². The molecule has 4 heteroatoms. The van der Waals surface area contributed by atoms with Crippen LogP contribution in [-0.2, 0) is 0 Å². The highest BCUT2D eigenvalue weighted by Gasteiger charge is 2.41. The highest BCUT2D eigenvalue weighted by molar-refractivity contribution is 6.11. The summed E-state index contributed by atoms with van der Waals surface area (Å²) in [7, 11) is 0. The topological polar surface area (TPSA) is 42.2 Å². The number of para-hydroxylation sites is 2. The van der Waals surface area contributed by atoms with Crippen molar-refractivity contribution < 1.29 is 4.42 Å². The number of rotatable bonds is 4. The zero-order valence-corrected chi connectivity index (χ0v) is 26.8. The van der Waals surface area contributed by atoms with E-state index >= 15 is 0 Å². The largest absolute Gasteiger partial charge is 0.455 e. The van der Waals surface area contributed by atoms with E-state index in [0.717, 1.165) is 94.3 Å². The number of nitrogens with zero attached hydrogens (tertiary/aromatic N) is 3. The van der Waals surface area contributed by atoms with E-state index in [1.54, 1.807) is 0 Å². The zero-order valence-electron chi connectivity index (χ0n) is 26.8. The lowest BCUT2D eigenvalue weighted by Gasteiger charge is -2.27. The summed E-state index contributed by atoms with van der Waals surface area (Å²) in [5, 5.41) is 3.42. The number of hydrogen-bond donors (Lipinski definition) is 0. The van der Waals surface area contributed by atoms with Crippen LogP contribution in [0.4, 0.5) is 11.6 Å². The third kappa shape index (κ3) is 4.29. The molecule has 5 aromatic rings. The van der Waals surface area contributed by atoms with E-state index in [9.17, 15) is 0 Å². The molecule has 2 aromatic heterocycles. The van der Waals surface area contributed by atoms with Gasteiger partial charge in [0.05, 0.1) is 22.9 Å². The first kappa shape index (κ1) is 27.6. The quantitative estimate of drug-likeness (QED) is 0.200. The first-order valence-corrected chi connectivity index (χ1v) is 17.4. The first-order valence-electron chi connectivity index (χ1n) is 17.4. The van der Waals surface area contributed by atoms with E-state index in [-0.39, 0.29) is 12.0 Å². The molecule has 5 aliphatic rings. The molecule has 2 atom stereocenters. The molecule has 0 bridgehead atoms. The number of allylic oxidation sites excluding steroid dienone is 14. The minimum Gasteiger partial charge on any atom is -0.455 e. The normalized spacial score (nSPS) is 21.4. The van der Waals surface area contributed by atoms with Crippen LogP contribution in [0, 0.1) is 0 Å². The molecule has 4 nitrogen and oxygen atoms in total. The van der Waals surface area contributed by atoms with Gasteiger partial charge in [0.1, 0.15) is 11.2 Å². The van der Waals surface area contributed by atoms with Crippen molar-refractivity contribution >= 4 is 55.6 Å². The number of aromatic nitrogens is 2. The van der Waals surface area contributed by atoms with E-state index in [4.69, 9.17) is 14.4 Å². The third-order valence-corrected chi connectivity index (χ3v) is 10.5. The summed E-state index contributed by atoms with van der Waals surface area (Å²) in [6.45, 7) is 0. The second-order valence-electron chi connectivity index (χ2n) is 13.4. The molecule has 0 saturated heterocycles. The van der Waals surface area contributed by atoms with Gasteiger partial charge in [0.15, 0.2) is 0 Å². The van der Waals surface area contributed by atoms with E-state index in [0.29, 0.717) is 0 Å². The zero-order chi connectivity index (χ0) is 31.6. The summed E-state index contributed by atoms with van der Waals surface area (Å²) >= 11 is 0. The molecule has 4 aliphatic carbocycles. The predicted molar refractivity (Wildman–Crippen MR) is 198 cm³/mol.